The molecule has 0 saturated carbocycles. The monoisotopic (exact) mass is 312 g/mol. The highest BCUT2D eigenvalue weighted by atomic mass is 16.1. The number of carbonyl (C=O) groups is 1. The molecule has 0 aliphatic carbocycles. The lowest BCUT2D eigenvalue weighted by Gasteiger charge is -2.33. The van der Waals surface area contributed by atoms with Crippen molar-refractivity contribution in [3.05, 3.63) is 18.2 Å². The molecule has 1 N–H and O–H groups in total. The summed E-state index contributed by atoms with van der Waals surface area (Å²) in [4.78, 5) is 19.9. The Morgan fingerprint density at radius 2 is 2.04 bits per heavy atom. The lowest BCUT2D eigenvalue weighted by molar-refractivity contribution is -0.105. The lowest BCUT2D eigenvalue weighted by atomic mass is 10.2. The first-order valence-electron chi connectivity index (χ1n) is 7.42. The molecule has 0 atom stereocenters. The van der Waals surface area contributed by atoms with Crippen molar-refractivity contribution in [2.75, 3.05) is 43.4 Å². The van der Waals surface area contributed by atoms with Gasteiger partial charge in [0.05, 0.1) is 11.0 Å². The number of amides is 1. The summed E-state index contributed by atoms with van der Waals surface area (Å²) in [5, 5.41) is 14.6. The summed E-state index contributed by atoms with van der Waals surface area (Å²) in [6.45, 7) is 3.75. The van der Waals surface area contributed by atoms with Crippen molar-refractivity contribution >= 4 is 34.6 Å². The number of aromatic nitrogens is 5. The molecule has 0 spiro atoms. The third-order valence-corrected chi connectivity index (χ3v) is 4.13. The summed E-state index contributed by atoms with van der Waals surface area (Å²) in [6, 6.07) is 5.49. The van der Waals surface area contributed by atoms with Crippen LogP contribution in [0.25, 0.3) is 16.7 Å². The first-order valence-corrected chi connectivity index (χ1v) is 7.42. The van der Waals surface area contributed by atoms with Crippen LogP contribution in [-0.2, 0) is 4.79 Å². The maximum Gasteiger partial charge on any atom is 0.222 e. The highest BCUT2D eigenvalue weighted by molar-refractivity contribution is 5.87. The Balaban J connectivity index is 1.86. The van der Waals surface area contributed by atoms with E-state index in [0.717, 1.165) is 43.0 Å². The number of hydrogen-bond acceptors (Lipinski definition) is 7. The summed E-state index contributed by atoms with van der Waals surface area (Å²) in [5.74, 6) is 0.798. The van der Waals surface area contributed by atoms with E-state index in [-0.39, 0.29) is 0 Å². The molecule has 1 aliphatic rings. The fraction of sp³-hybridized carbons (Fsp3) is 0.357. The molecule has 0 unspecified atom stereocenters. The van der Waals surface area contributed by atoms with E-state index in [1.165, 1.54) is 0 Å². The van der Waals surface area contributed by atoms with Gasteiger partial charge < -0.3 is 15.1 Å². The standard InChI is InChI=1S/C14H16N8O/c1-20-4-6-21(7-5-20)13-14-17-18-19-22(14)12-8-10(15-9-23)2-3-11(12)16-13/h2-3,8-9H,4-7H2,1H3,(H,15,23). The molecule has 1 saturated heterocycles. The summed E-state index contributed by atoms with van der Waals surface area (Å²) in [7, 11) is 2.11. The number of fused-ring (bicyclic) bond motifs is 3. The maximum absolute atomic E-state index is 10.6. The smallest absolute Gasteiger partial charge is 0.222 e. The van der Waals surface area contributed by atoms with Crippen molar-refractivity contribution in [3.8, 4) is 0 Å². The quantitative estimate of drug-likeness (QED) is 0.680. The van der Waals surface area contributed by atoms with Crippen molar-refractivity contribution in [2.45, 2.75) is 0 Å². The highest BCUT2D eigenvalue weighted by Gasteiger charge is 2.21. The summed E-state index contributed by atoms with van der Waals surface area (Å²) < 4.78 is 1.67. The van der Waals surface area contributed by atoms with Crippen molar-refractivity contribution in [2.24, 2.45) is 0 Å². The molecule has 2 aromatic heterocycles. The number of nitrogens with zero attached hydrogens (tertiary/aromatic N) is 7. The van der Waals surface area contributed by atoms with Crippen LogP contribution in [0.4, 0.5) is 11.5 Å². The fourth-order valence-electron chi connectivity index (χ4n) is 2.83. The summed E-state index contributed by atoms with van der Waals surface area (Å²) in [6.07, 6.45) is 0.643. The molecule has 1 aliphatic heterocycles. The number of nitrogens with one attached hydrogen (secondary N) is 1. The fourth-order valence-corrected chi connectivity index (χ4v) is 2.83. The van der Waals surface area contributed by atoms with Gasteiger partial charge in [0.25, 0.3) is 0 Å². The van der Waals surface area contributed by atoms with E-state index in [1.54, 1.807) is 4.52 Å². The van der Waals surface area contributed by atoms with Crippen LogP contribution >= 0.6 is 0 Å². The number of carbonyl (C=O) groups excluding carboxylic acids is 1. The van der Waals surface area contributed by atoms with E-state index < -0.39 is 0 Å². The maximum atomic E-state index is 10.6. The molecule has 3 heterocycles. The number of anilines is 2. The van der Waals surface area contributed by atoms with Gasteiger partial charge in [0.2, 0.25) is 12.1 Å². The second kappa shape index (κ2) is 5.43. The predicted octanol–water partition coefficient (Wildman–Crippen LogP) is -0.00740. The second-order valence-corrected chi connectivity index (χ2v) is 5.61. The molecule has 4 rings (SSSR count). The van der Waals surface area contributed by atoms with Gasteiger partial charge in [-0.25, -0.2) is 4.98 Å². The Morgan fingerprint density at radius 3 is 2.83 bits per heavy atom. The Hall–Kier alpha value is -2.81. The number of piperazine rings is 1. The highest BCUT2D eigenvalue weighted by Crippen LogP contribution is 2.25. The molecular formula is C14H16N8O. The Labute approximate surface area is 131 Å². The van der Waals surface area contributed by atoms with Crippen molar-refractivity contribution in [1.82, 2.24) is 29.9 Å². The molecule has 9 heteroatoms. The molecular weight excluding hydrogens is 296 g/mol. The van der Waals surface area contributed by atoms with E-state index in [9.17, 15) is 4.79 Å². The van der Waals surface area contributed by atoms with Crippen LogP contribution in [0.15, 0.2) is 18.2 Å². The normalized spacial score (nSPS) is 16.1. The number of benzene rings is 1. The first kappa shape index (κ1) is 13.8. The SMILES string of the molecule is CN1CCN(c2nc3ccc(NC=O)cc3n3nnnc23)CC1. The zero-order valence-corrected chi connectivity index (χ0v) is 12.7. The van der Waals surface area contributed by atoms with Crippen LogP contribution in [0.3, 0.4) is 0 Å². The molecule has 1 amide bonds. The average Bonchev–Trinajstić information content (AvgIpc) is 3.05. The number of tetrazole rings is 1. The minimum atomic E-state index is 0.630. The van der Waals surface area contributed by atoms with Gasteiger partial charge in [0, 0.05) is 31.9 Å². The molecule has 0 bridgehead atoms. The Morgan fingerprint density at radius 1 is 1.22 bits per heavy atom. The first-order chi connectivity index (χ1) is 11.3. The lowest BCUT2D eigenvalue weighted by Crippen LogP contribution is -2.45. The molecule has 9 nitrogen and oxygen atoms in total. The largest absolute Gasteiger partial charge is 0.351 e. The minimum absolute atomic E-state index is 0.630. The molecule has 0 radical (unpaired) electrons. The van der Waals surface area contributed by atoms with Gasteiger partial charge in [-0.15, -0.1) is 5.10 Å². The molecule has 118 valence electrons. The van der Waals surface area contributed by atoms with Crippen LogP contribution in [0.2, 0.25) is 0 Å². The number of hydrogen-bond donors (Lipinski definition) is 1. The summed E-state index contributed by atoms with van der Waals surface area (Å²) in [5.41, 5.74) is 2.86. The third-order valence-electron chi connectivity index (χ3n) is 4.13. The van der Waals surface area contributed by atoms with Crippen molar-refractivity contribution < 1.29 is 4.79 Å². The van der Waals surface area contributed by atoms with Gasteiger partial charge in [0.15, 0.2) is 5.82 Å². The zero-order chi connectivity index (χ0) is 15.8. The van der Waals surface area contributed by atoms with Crippen LogP contribution in [-0.4, -0.2) is 69.6 Å². The van der Waals surface area contributed by atoms with Gasteiger partial charge in [-0.1, -0.05) is 0 Å². The minimum Gasteiger partial charge on any atom is -0.351 e. The van der Waals surface area contributed by atoms with E-state index >= 15 is 0 Å². The van der Waals surface area contributed by atoms with Gasteiger partial charge in [0.1, 0.15) is 0 Å². The molecule has 1 fully saturated rings. The van der Waals surface area contributed by atoms with Crippen LogP contribution in [0, 0.1) is 0 Å². The topological polar surface area (TPSA) is 91.5 Å². The third kappa shape index (κ3) is 2.34. The van der Waals surface area contributed by atoms with E-state index in [0.29, 0.717) is 17.7 Å². The molecule has 23 heavy (non-hydrogen) atoms. The van der Waals surface area contributed by atoms with Gasteiger partial charge in [-0.2, -0.15) is 4.52 Å². The average molecular weight is 312 g/mol. The van der Waals surface area contributed by atoms with Crippen molar-refractivity contribution in [1.29, 1.82) is 0 Å². The van der Waals surface area contributed by atoms with E-state index in [4.69, 9.17) is 4.98 Å². The second-order valence-electron chi connectivity index (χ2n) is 5.61. The molecule has 3 aromatic rings. The van der Waals surface area contributed by atoms with Gasteiger partial charge in [-0.05, 0) is 35.7 Å². The van der Waals surface area contributed by atoms with E-state index in [1.807, 2.05) is 18.2 Å². The summed E-state index contributed by atoms with van der Waals surface area (Å²) >= 11 is 0. The van der Waals surface area contributed by atoms with Crippen molar-refractivity contribution in [3.63, 3.8) is 0 Å². The Bertz CT molecular complexity index is 868. The van der Waals surface area contributed by atoms with Gasteiger partial charge >= 0.3 is 0 Å². The van der Waals surface area contributed by atoms with Crippen LogP contribution < -0.4 is 10.2 Å². The van der Waals surface area contributed by atoms with Crippen LogP contribution in [0.1, 0.15) is 0 Å². The van der Waals surface area contributed by atoms with Gasteiger partial charge in [-0.3, -0.25) is 4.79 Å². The number of likely N-dealkylation sites (N-methyl/N-ethyl adjacent to an activating group) is 1. The van der Waals surface area contributed by atoms with E-state index in [2.05, 4.69) is 37.7 Å². The predicted molar refractivity (Wildman–Crippen MR) is 85.5 cm³/mol. The Kier molecular flexibility index (Phi) is 3.27. The molecule has 1 aromatic carbocycles. The van der Waals surface area contributed by atoms with Crippen LogP contribution in [0.5, 0.6) is 0 Å². The number of rotatable bonds is 3. The zero-order valence-electron chi connectivity index (χ0n) is 12.7.